The van der Waals surface area contributed by atoms with Crippen LogP contribution in [0.2, 0.25) is 0 Å². The fourth-order valence-corrected chi connectivity index (χ4v) is 1.52. The zero-order chi connectivity index (χ0) is 7.94. The largest absolute Gasteiger partial charge is 0.396 e. The Labute approximate surface area is 69.0 Å². The van der Waals surface area contributed by atoms with Crippen LogP contribution in [-0.4, -0.2) is 24.8 Å². The third-order valence-electron chi connectivity index (χ3n) is 2.25. The molecule has 65 valence electrons. The van der Waals surface area contributed by atoms with Crippen molar-refractivity contribution in [3.05, 3.63) is 6.42 Å². The van der Waals surface area contributed by atoms with Crippen LogP contribution in [-0.2, 0) is 0 Å². The molecule has 2 heteroatoms. The molecule has 0 amide bonds. The van der Waals surface area contributed by atoms with Crippen molar-refractivity contribution in [3.63, 3.8) is 0 Å². The van der Waals surface area contributed by atoms with Crippen molar-refractivity contribution in [1.82, 2.24) is 5.32 Å². The quantitative estimate of drug-likeness (QED) is 0.594. The Hall–Kier alpha value is -0.0800. The van der Waals surface area contributed by atoms with Gasteiger partial charge in [-0.1, -0.05) is 0 Å². The van der Waals surface area contributed by atoms with Gasteiger partial charge in [0, 0.05) is 6.61 Å². The van der Waals surface area contributed by atoms with E-state index in [1.165, 1.54) is 25.9 Å². The zero-order valence-corrected chi connectivity index (χ0v) is 7.05. The molecule has 1 saturated heterocycles. The first-order valence-electron chi connectivity index (χ1n) is 4.58. The van der Waals surface area contributed by atoms with Crippen LogP contribution in [0.1, 0.15) is 25.7 Å². The number of nitrogens with one attached hydrogen (secondary N) is 1. The van der Waals surface area contributed by atoms with E-state index in [1.807, 2.05) is 0 Å². The number of aliphatic hydroxyl groups excluding tert-OH is 1. The van der Waals surface area contributed by atoms with E-state index < -0.39 is 0 Å². The fraction of sp³-hybridized carbons (Fsp3) is 0.889. The molecule has 0 atom stereocenters. The monoisotopic (exact) mass is 156 g/mol. The van der Waals surface area contributed by atoms with Crippen molar-refractivity contribution in [2.75, 3.05) is 19.7 Å². The van der Waals surface area contributed by atoms with Crippen molar-refractivity contribution in [3.8, 4) is 0 Å². The van der Waals surface area contributed by atoms with E-state index in [4.69, 9.17) is 5.11 Å². The van der Waals surface area contributed by atoms with E-state index in [0.29, 0.717) is 6.61 Å². The Bertz CT molecular complexity index is 89.6. The second-order valence-corrected chi connectivity index (χ2v) is 3.19. The molecule has 0 aromatic rings. The number of rotatable bonds is 4. The number of piperidine rings is 1. The normalized spacial score (nSPS) is 20.5. The minimum Gasteiger partial charge on any atom is -0.396 e. The first-order valence-corrected chi connectivity index (χ1v) is 4.58. The Morgan fingerprint density at radius 2 is 2.09 bits per heavy atom. The van der Waals surface area contributed by atoms with Crippen LogP contribution in [0, 0.1) is 12.3 Å². The molecule has 0 aromatic carbocycles. The molecular weight excluding hydrogens is 138 g/mol. The van der Waals surface area contributed by atoms with Crippen LogP contribution in [0.4, 0.5) is 0 Å². The Morgan fingerprint density at radius 3 is 2.73 bits per heavy atom. The molecule has 0 bridgehead atoms. The van der Waals surface area contributed by atoms with Crippen LogP contribution in [0.3, 0.4) is 0 Å². The van der Waals surface area contributed by atoms with Gasteiger partial charge < -0.3 is 10.4 Å². The molecule has 1 rings (SSSR count). The first kappa shape index (κ1) is 9.01. The van der Waals surface area contributed by atoms with Gasteiger partial charge in [-0.25, -0.2) is 0 Å². The average molecular weight is 156 g/mol. The summed E-state index contributed by atoms with van der Waals surface area (Å²) in [6, 6.07) is 0. The minimum atomic E-state index is 0.335. The number of aliphatic hydroxyl groups is 1. The Kier molecular flexibility index (Phi) is 4.55. The third-order valence-corrected chi connectivity index (χ3v) is 2.25. The summed E-state index contributed by atoms with van der Waals surface area (Å²) in [4.78, 5) is 0. The number of unbranched alkanes of at least 4 members (excludes halogenated alkanes) is 1. The summed E-state index contributed by atoms with van der Waals surface area (Å²) in [5, 5.41) is 11.9. The Morgan fingerprint density at radius 1 is 1.36 bits per heavy atom. The highest BCUT2D eigenvalue weighted by Crippen LogP contribution is 2.17. The summed E-state index contributed by atoms with van der Waals surface area (Å²) in [6.07, 6.45) is 6.96. The maximum absolute atomic E-state index is 8.56. The van der Waals surface area contributed by atoms with Crippen LogP contribution < -0.4 is 5.32 Å². The molecule has 1 aliphatic heterocycles. The lowest BCUT2D eigenvalue weighted by Gasteiger charge is -2.21. The smallest absolute Gasteiger partial charge is 0.0431 e. The van der Waals surface area contributed by atoms with Crippen LogP contribution in [0.5, 0.6) is 0 Å². The third kappa shape index (κ3) is 3.73. The van der Waals surface area contributed by atoms with Gasteiger partial charge in [-0.3, -0.25) is 0 Å². The summed E-state index contributed by atoms with van der Waals surface area (Å²) in [5.41, 5.74) is 0. The first-order chi connectivity index (χ1) is 5.43. The lowest BCUT2D eigenvalue weighted by atomic mass is 9.93. The van der Waals surface area contributed by atoms with E-state index in [9.17, 15) is 0 Å². The van der Waals surface area contributed by atoms with Gasteiger partial charge in [-0.2, -0.15) is 0 Å². The molecule has 1 aliphatic rings. The van der Waals surface area contributed by atoms with Gasteiger partial charge >= 0.3 is 0 Å². The van der Waals surface area contributed by atoms with E-state index in [1.54, 1.807) is 0 Å². The number of hydrogen-bond acceptors (Lipinski definition) is 2. The maximum Gasteiger partial charge on any atom is 0.0431 e. The molecule has 1 fully saturated rings. The van der Waals surface area contributed by atoms with Crippen LogP contribution in [0.15, 0.2) is 0 Å². The second-order valence-electron chi connectivity index (χ2n) is 3.19. The van der Waals surface area contributed by atoms with Gasteiger partial charge in [0.2, 0.25) is 0 Å². The molecule has 0 spiro atoms. The number of hydrogen-bond donors (Lipinski definition) is 2. The van der Waals surface area contributed by atoms with E-state index in [2.05, 4.69) is 11.7 Å². The molecular formula is C9H18NO. The fourth-order valence-electron chi connectivity index (χ4n) is 1.52. The summed E-state index contributed by atoms with van der Waals surface area (Å²) < 4.78 is 0. The van der Waals surface area contributed by atoms with Gasteiger partial charge in [-0.05, 0) is 51.1 Å². The molecule has 0 aliphatic carbocycles. The van der Waals surface area contributed by atoms with E-state index in [-0.39, 0.29) is 0 Å². The summed E-state index contributed by atoms with van der Waals surface area (Å²) in [5.74, 6) is 0.808. The van der Waals surface area contributed by atoms with Crippen molar-refractivity contribution in [1.29, 1.82) is 0 Å². The van der Waals surface area contributed by atoms with Crippen LogP contribution in [0.25, 0.3) is 0 Å². The van der Waals surface area contributed by atoms with Gasteiger partial charge in [-0.15, -0.1) is 0 Å². The lowest BCUT2D eigenvalue weighted by molar-refractivity contribution is 0.284. The standard InChI is InChI=1S/C9H18NO/c11-8-2-1-3-9-4-6-10-7-5-9/h3,9-11H,1-2,4-8H2. The van der Waals surface area contributed by atoms with Gasteiger partial charge in [0.05, 0.1) is 0 Å². The van der Waals surface area contributed by atoms with Crippen molar-refractivity contribution >= 4 is 0 Å². The summed E-state index contributed by atoms with van der Waals surface area (Å²) in [6.45, 7) is 2.67. The molecule has 1 radical (unpaired) electrons. The van der Waals surface area contributed by atoms with Gasteiger partial charge in [0.15, 0.2) is 0 Å². The predicted octanol–water partition coefficient (Wildman–Crippen LogP) is 0.963. The SMILES string of the molecule is OCCC[CH]C1CCNCC1. The zero-order valence-electron chi connectivity index (χ0n) is 7.05. The second kappa shape index (κ2) is 5.56. The molecule has 0 aromatic heterocycles. The lowest BCUT2D eigenvalue weighted by Crippen LogP contribution is -2.27. The topological polar surface area (TPSA) is 32.3 Å². The minimum absolute atomic E-state index is 0.335. The average Bonchev–Trinajstić information content (AvgIpc) is 2.07. The molecule has 0 saturated carbocycles. The molecule has 0 unspecified atom stereocenters. The maximum atomic E-state index is 8.56. The molecule has 2 nitrogen and oxygen atoms in total. The summed E-state index contributed by atoms with van der Waals surface area (Å²) in [7, 11) is 0. The van der Waals surface area contributed by atoms with E-state index in [0.717, 1.165) is 18.8 Å². The highest BCUT2D eigenvalue weighted by molar-refractivity contribution is 4.80. The predicted molar refractivity (Wildman–Crippen MR) is 46.2 cm³/mol. The van der Waals surface area contributed by atoms with Crippen molar-refractivity contribution < 1.29 is 5.11 Å². The van der Waals surface area contributed by atoms with Crippen molar-refractivity contribution in [2.45, 2.75) is 25.7 Å². The van der Waals surface area contributed by atoms with Crippen molar-refractivity contribution in [2.24, 2.45) is 5.92 Å². The van der Waals surface area contributed by atoms with Gasteiger partial charge in [0.25, 0.3) is 0 Å². The molecule has 11 heavy (non-hydrogen) atoms. The highest BCUT2D eigenvalue weighted by atomic mass is 16.2. The molecule has 1 heterocycles. The Balaban J connectivity index is 1.96. The van der Waals surface area contributed by atoms with Gasteiger partial charge in [0.1, 0.15) is 0 Å². The van der Waals surface area contributed by atoms with E-state index >= 15 is 0 Å². The summed E-state index contributed by atoms with van der Waals surface area (Å²) >= 11 is 0. The highest BCUT2D eigenvalue weighted by Gasteiger charge is 2.11. The molecule has 2 N–H and O–H groups in total. The van der Waals surface area contributed by atoms with Crippen LogP contribution >= 0.6 is 0 Å².